The molecule has 1 aromatic heterocycles. The average Bonchev–Trinajstić information content (AvgIpc) is 2.37. The molecule has 2 rings (SSSR count). The minimum absolute atomic E-state index is 0.313. The van der Waals surface area contributed by atoms with E-state index in [0.717, 1.165) is 10.8 Å². The molecule has 1 amide bonds. The van der Waals surface area contributed by atoms with Gasteiger partial charge in [0.2, 0.25) is 0 Å². The number of carbonyl (C=O) groups is 1. The van der Waals surface area contributed by atoms with Gasteiger partial charge in [0.15, 0.2) is 0 Å². The van der Waals surface area contributed by atoms with Gasteiger partial charge in [-0.15, -0.1) is 0 Å². The summed E-state index contributed by atoms with van der Waals surface area (Å²) in [5, 5.41) is 1.81. The summed E-state index contributed by atoms with van der Waals surface area (Å²) in [7, 11) is 0. The zero-order valence-corrected chi connectivity index (χ0v) is 10.5. The summed E-state index contributed by atoms with van der Waals surface area (Å²) < 4.78 is 0. The van der Waals surface area contributed by atoms with Crippen molar-refractivity contribution in [2.45, 2.75) is 13.8 Å². The number of hydroxylamine groups is 1. The molecule has 0 saturated heterocycles. The number of nitrogens with one attached hydrogen (secondary N) is 1. The highest BCUT2D eigenvalue weighted by atomic mass is 16.6. The summed E-state index contributed by atoms with van der Waals surface area (Å²) in [6.07, 6.45) is 1.62. The molecule has 1 N–H and O–H groups in total. The second-order valence-electron chi connectivity index (χ2n) is 4.52. The van der Waals surface area contributed by atoms with Gasteiger partial charge in [0, 0.05) is 11.6 Å². The normalized spacial score (nSPS) is 10.8. The van der Waals surface area contributed by atoms with Crippen molar-refractivity contribution in [2.75, 3.05) is 6.61 Å². The third-order valence-electron chi connectivity index (χ3n) is 2.47. The standard InChI is InChI=1S/C14H16N2O2/c1-10(2)9-18-16-14(17)13-12-6-4-3-5-11(12)7-8-15-13/h3-8,10H,9H2,1-2H3,(H,16,17). The molecule has 0 radical (unpaired) electrons. The van der Waals surface area contributed by atoms with Crippen molar-refractivity contribution in [1.82, 2.24) is 10.5 Å². The van der Waals surface area contributed by atoms with Gasteiger partial charge in [-0.25, -0.2) is 5.48 Å². The topological polar surface area (TPSA) is 51.2 Å². The fraction of sp³-hybridized carbons (Fsp3) is 0.286. The maximum absolute atomic E-state index is 11.9. The fourth-order valence-electron chi connectivity index (χ4n) is 1.62. The molecule has 18 heavy (non-hydrogen) atoms. The van der Waals surface area contributed by atoms with E-state index in [4.69, 9.17) is 4.84 Å². The van der Waals surface area contributed by atoms with Gasteiger partial charge in [0.1, 0.15) is 5.69 Å². The number of pyridine rings is 1. The molecule has 0 aliphatic carbocycles. The molecule has 4 heteroatoms. The molecule has 0 aliphatic rings. The van der Waals surface area contributed by atoms with E-state index in [-0.39, 0.29) is 5.91 Å². The smallest absolute Gasteiger partial charge is 0.273 e. The average molecular weight is 244 g/mol. The number of carbonyl (C=O) groups excluding carboxylic acids is 1. The lowest BCUT2D eigenvalue weighted by molar-refractivity contribution is 0.0206. The van der Waals surface area contributed by atoms with Gasteiger partial charge in [-0.2, -0.15) is 0 Å². The maximum atomic E-state index is 11.9. The lowest BCUT2D eigenvalue weighted by atomic mass is 10.1. The molecule has 94 valence electrons. The van der Waals surface area contributed by atoms with Crippen LogP contribution in [0.15, 0.2) is 36.5 Å². The number of nitrogens with zero attached hydrogens (tertiary/aromatic N) is 1. The molecule has 2 aromatic rings. The Morgan fingerprint density at radius 2 is 2.11 bits per heavy atom. The van der Waals surface area contributed by atoms with Gasteiger partial charge in [-0.3, -0.25) is 14.6 Å². The molecular formula is C14H16N2O2. The van der Waals surface area contributed by atoms with Gasteiger partial charge in [0.05, 0.1) is 6.61 Å². The lowest BCUT2D eigenvalue weighted by Crippen LogP contribution is -2.26. The number of hydrogen-bond donors (Lipinski definition) is 1. The van der Waals surface area contributed by atoms with Crippen LogP contribution in [-0.2, 0) is 4.84 Å². The summed E-state index contributed by atoms with van der Waals surface area (Å²) >= 11 is 0. The first-order valence-corrected chi connectivity index (χ1v) is 5.94. The minimum Gasteiger partial charge on any atom is -0.273 e. The van der Waals surface area contributed by atoms with Crippen LogP contribution in [0.25, 0.3) is 10.8 Å². The van der Waals surface area contributed by atoms with E-state index in [2.05, 4.69) is 10.5 Å². The van der Waals surface area contributed by atoms with Crippen molar-refractivity contribution < 1.29 is 9.63 Å². The Hall–Kier alpha value is -1.94. The highest BCUT2D eigenvalue weighted by molar-refractivity contribution is 6.04. The van der Waals surface area contributed by atoms with E-state index in [1.165, 1.54) is 0 Å². The fourth-order valence-corrected chi connectivity index (χ4v) is 1.62. The highest BCUT2D eigenvalue weighted by Gasteiger charge is 2.11. The first-order valence-electron chi connectivity index (χ1n) is 5.94. The third kappa shape index (κ3) is 2.84. The minimum atomic E-state index is -0.313. The zero-order chi connectivity index (χ0) is 13.0. The Labute approximate surface area is 106 Å². The molecule has 1 heterocycles. The van der Waals surface area contributed by atoms with Crippen LogP contribution < -0.4 is 5.48 Å². The molecule has 0 fully saturated rings. The summed E-state index contributed by atoms with van der Waals surface area (Å²) in [4.78, 5) is 21.2. The van der Waals surface area contributed by atoms with Crippen molar-refractivity contribution in [2.24, 2.45) is 5.92 Å². The predicted octanol–water partition coefficient (Wildman–Crippen LogP) is 2.55. The zero-order valence-electron chi connectivity index (χ0n) is 10.5. The number of amides is 1. The molecule has 0 atom stereocenters. The molecular weight excluding hydrogens is 228 g/mol. The Morgan fingerprint density at radius 1 is 1.33 bits per heavy atom. The Kier molecular flexibility index (Phi) is 3.89. The predicted molar refractivity (Wildman–Crippen MR) is 70.0 cm³/mol. The van der Waals surface area contributed by atoms with Crippen molar-refractivity contribution in [3.8, 4) is 0 Å². The van der Waals surface area contributed by atoms with Crippen LogP contribution in [0.1, 0.15) is 24.3 Å². The van der Waals surface area contributed by atoms with Crippen molar-refractivity contribution in [1.29, 1.82) is 0 Å². The highest BCUT2D eigenvalue weighted by Crippen LogP contribution is 2.15. The third-order valence-corrected chi connectivity index (χ3v) is 2.47. The molecule has 0 saturated carbocycles. The summed E-state index contributed by atoms with van der Waals surface area (Å²) in [6.45, 7) is 4.52. The quantitative estimate of drug-likeness (QED) is 0.841. The van der Waals surface area contributed by atoms with Crippen LogP contribution in [0.4, 0.5) is 0 Å². The molecule has 0 aliphatic heterocycles. The summed E-state index contributed by atoms with van der Waals surface area (Å²) in [6, 6.07) is 9.51. The van der Waals surface area contributed by atoms with Crippen LogP contribution in [0.3, 0.4) is 0 Å². The number of fused-ring (bicyclic) bond motifs is 1. The molecule has 0 bridgehead atoms. The van der Waals surface area contributed by atoms with Crippen LogP contribution in [0.2, 0.25) is 0 Å². The van der Waals surface area contributed by atoms with Gasteiger partial charge >= 0.3 is 0 Å². The van der Waals surface area contributed by atoms with E-state index >= 15 is 0 Å². The molecule has 1 aromatic carbocycles. The van der Waals surface area contributed by atoms with Crippen molar-refractivity contribution in [3.63, 3.8) is 0 Å². The van der Waals surface area contributed by atoms with Crippen LogP contribution in [0.5, 0.6) is 0 Å². The van der Waals surface area contributed by atoms with Gasteiger partial charge in [0.25, 0.3) is 5.91 Å². The monoisotopic (exact) mass is 244 g/mol. The van der Waals surface area contributed by atoms with E-state index in [1.807, 2.05) is 44.2 Å². The maximum Gasteiger partial charge on any atom is 0.294 e. The molecule has 0 spiro atoms. The molecule has 4 nitrogen and oxygen atoms in total. The number of rotatable bonds is 4. The van der Waals surface area contributed by atoms with E-state index in [0.29, 0.717) is 18.2 Å². The van der Waals surface area contributed by atoms with Crippen LogP contribution in [0, 0.1) is 5.92 Å². The Bertz CT molecular complexity index is 547. The van der Waals surface area contributed by atoms with Crippen molar-refractivity contribution >= 4 is 16.7 Å². The van der Waals surface area contributed by atoms with Gasteiger partial charge < -0.3 is 0 Å². The summed E-state index contributed by atoms with van der Waals surface area (Å²) in [5.41, 5.74) is 2.81. The van der Waals surface area contributed by atoms with Gasteiger partial charge in [-0.1, -0.05) is 38.1 Å². The Balaban J connectivity index is 2.17. The summed E-state index contributed by atoms with van der Waals surface area (Å²) in [5.74, 6) is 0.0539. The van der Waals surface area contributed by atoms with Crippen LogP contribution in [-0.4, -0.2) is 17.5 Å². The van der Waals surface area contributed by atoms with Gasteiger partial charge in [-0.05, 0) is 17.4 Å². The molecule has 0 unspecified atom stereocenters. The largest absolute Gasteiger partial charge is 0.294 e. The van der Waals surface area contributed by atoms with Crippen LogP contribution >= 0.6 is 0 Å². The second-order valence-corrected chi connectivity index (χ2v) is 4.52. The lowest BCUT2D eigenvalue weighted by Gasteiger charge is -2.08. The van der Waals surface area contributed by atoms with Crippen molar-refractivity contribution in [3.05, 3.63) is 42.2 Å². The van der Waals surface area contributed by atoms with E-state index in [9.17, 15) is 4.79 Å². The SMILES string of the molecule is CC(C)CONC(=O)c1nccc2ccccc12. The number of benzene rings is 1. The Morgan fingerprint density at radius 3 is 2.89 bits per heavy atom. The first kappa shape index (κ1) is 12.5. The number of aromatic nitrogens is 1. The second kappa shape index (κ2) is 5.60. The van der Waals surface area contributed by atoms with E-state index < -0.39 is 0 Å². The van der Waals surface area contributed by atoms with E-state index in [1.54, 1.807) is 6.20 Å². The first-order chi connectivity index (χ1) is 8.68. The number of hydrogen-bond acceptors (Lipinski definition) is 3.